The number of hydrogen-bond donors (Lipinski definition) is 4. The largest absolute Gasteiger partial charge is 0.445 e. The Hall–Kier alpha value is -7.22. The molecule has 0 aliphatic rings. The molecule has 274 valence electrons. The summed E-state index contributed by atoms with van der Waals surface area (Å²) in [5, 5.41) is 27.9. The van der Waals surface area contributed by atoms with Crippen LogP contribution < -0.4 is 21.3 Å². The van der Waals surface area contributed by atoms with Gasteiger partial charge in [-0.1, -0.05) is 91.0 Å². The van der Waals surface area contributed by atoms with Gasteiger partial charge in [-0.15, -0.1) is 10.2 Å². The van der Waals surface area contributed by atoms with Gasteiger partial charge < -0.3 is 30.7 Å². The minimum Gasteiger partial charge on any atom is -0.445 e. The van der Waals surface area contributed by atoms with Crippen molar-refractivity contribution in [2.75, 3.05) is 10.6 Å². The van der Waals surface area contributed by atoms with E-state index in [1.807, 2.05) is 60.7 Å². The molecule has 14 nitrogen and oxygen atoms in total. The number of carbonyl (C=O) groups excluding carboxylic acids is 4. The summed E-state index contributed by atoms with van der Waals surface area (Å²) in [6.07, 6.45) is -1.44. The summed E-state index contributed by atoms with van der Waals surface area (Å²) in [5.74, 6) is -0.944. The highest BCUT2D eigenvalue weighted by atomic mass is 16.6. The van der Waals surface area contributed by atoms with Crippen LogP contribution in [-0.2, 0) is 32.3 Å². The molecular weight excluding hydrogens is 688 g/mol. The van der Waals surface area contributed by atoms with E-state index >= 15 is 0 Å². The second kappa shape index (κ2) is 19.4. The quantitative estimate of drug-likeness (QED) is 0.0827. The minimum absolute atomic E-state index is 0.0760. The van der Waals surface area contributed by atoms with Gasteiger partial charge in [-0.2, -0.15) is 10.2 Å². The van der Waals surface area contributed by atoms with E-state index in [9.17, 15) is 19.2 Å². The van der Waals surface area contributed by atoms with Crippen LogP contribution in [-0.4, -0.2) is 36.1 Å². The number of nitrogens with zero attached hydrogens (tertiary/aromatic N) is 4. The van der Waals surface area contributed by atoms with Crippen LogP contribution >= 0.6 is 0 Å². The Morgan fingerprint density at radius 2 is 0.889 bits per heavy atom. The number of azo groups is 2. The van der Waals surface area contributed by atoms with Crippen molar-refractivity contribution in [2.45, 2.75) is 39.1 Å². The number of ether oxygens (including phenoxy) is 2. The molecule has 0 saturated heterocycles. The van der Waals surface area contributed by atoms with Crippen LogP contribution in [0.3, 0.4) is 0 Å². The maximum atomic E-state index is 12.9. The van der Waals surface area contributed by atoms with Crippen molar-refractivity contribution >= 4 is 58.1 Å². The third kappa shape index (κ3) is 11.9. The summed E-state index contributed by atoms with van der Waals surface area (Å²) in [6, 6.07) is 37.2. The average molecular weight is 727 g/mol. The van der Waals surface area contributed by atoms with Crippen LogP contribution in [0.25, 0.3) is 0 Å². The lowest BCUT2D eigenvalue weighted by molar-refractivity contribution is -0.118. The summed E-state index contributed by atoms with van der Waals surface area (Å²) < 4.78 is 10.4. The van der Waals surface area contributed by atoms with Gasteiger partial charge in [0.25, 0.3) is 0 Å². The molecule has 14 heteroatoms. The molecule has 0 radical (unpaired) electrons. The van der Waals surface area contributed by atoms with Crippen molar-refractivity contribution in [3.05, 3.63) is 145 Å². The van der Waals surface area contributed by atoms with E-state index < -0.39 is 36.1 Å². The Labute approximate surface area is 311 Å². The Bertz CT molecular complexity index is 1960. The van der Waals surface area contributed by atoms with Crippen LogP contribution in [0.1, 0.15) is 25.0 Å². The maximum absolute atomic E-state index is 12.9. The highest BCUT2D eigenvalue weighted by molar-refractivity contribution is 5.99. The predicted molar refractivity (Wildman–Crippen MR) is 203 cm³/mol. The summed E-state index contributed by atoms with van der Waals surface area (Å²) in [6.45, 7) is 3.24. The third-order valence-corrected chi connectivity index (χ3v) is 7.58. The molecule has 5 rings (SSSR count). The van der Waals surface area contributed by atoms with Gasteiger partial charge in [0.05, 0.1) is 22.7 Å². The molecule has 0 saturated carbocycles. The molecule has 5 aromatic rings. The van der Waals surface area contributed by atoms with E-state index in [1.165, 1.54) is 0 Å². The van der Waals surface area contributed by atoms with Crippen LogP contribution in [0.15, 0.2) is 154 Å². The molecule has 0 bridgehead atoms. The Balaban J connectivity index is 1.15. The van der Waals surface area contributed by atoms with Crippen molar-refractivity contribution < 1.29 is 28.7 Å². The number of alkyl carbamates (subject to hydrolysis) is 2. The van der Waals surface area contributed by atoms with Crippen LogP contribution in [0.5, 0.6) is 0 Å². The van der Waals surface area contributed by atoms with Crippen LogP contribution in [0.4, 0.5) is 43.7 Å². The molecule has 0 unspecified atom stereocenters. The van der Waals surface area contributed by atoms with Crippen molar-refractivity contribution in [1.29, 1.82) is 0 Å². The normalized spacial score (nSPS) is 12.0. The number of para-hydroxylation sites is 2. The molecule has 5 aromatic carbocycles. The van der Waals surface area contributed by atoms with E-state index in [2.05, 4.69) is 41.7 Å². The standard InChI is InChI=1S/C40H38N8O6/c1-27(41-39(51)53-25-29-14-5-3-6-15-29)37(49)43-33-20-9-11-22-35(33)47-45-31-18-13-19-32(24-31)46-48-36-23-12-10-21-34(36)44-38(50)28(2)42-40(52)54-26-30-16-7-4-8-17-30/h3-24,27-28H,25-26H2,1-2H3,(H,41,51)(H,42,52)(H,43,49)(H,44,50)/t27-,28-/m0/s1. The van der Waals surface area contributed by atoms with Gasteiger partial charge in [0.2, 0.25) is 11.8 Å². The van der Waals surface area contributed by atoms with Gasteiger partial charge in [0.1, 0.15) is 36.7 Å². The van der Waals surface area contributed by atoms with E-state index in [-0.39, 0.29) is 13.2 Å². The lowest BCUT2D eigenvalue weighted by Crippen LogP contribution is -2.41. The predicted octanol–water partition coefficient (Wildman–Crippen LogP) is 9.02. The molecule has 4 amide bonds. The first-order valence-corrected chi connectivity index (χ1v) is 16.9. The zero-order valence-corrected chi connectivity index (χ0v) is 29.5. The summed E-state index contributed by atoms with van der Waals surface area (Å²) in [4.78, 5) is 50.3. The number of nitrogens with one attached hydrogen (secondary N) is 4. The number of hydrogen-bond acceptors (Lipinski definition) is 10. The average Bonchev–Trinajstić information content (AvgIpc) is 3.19. The van der Waals surface area contributed by atoms with Crippen molar-refractivity contribution in [3.63, 3.8) is 0 Å². The van der Waals surface area contributed by atoms with E-state index in [0.717, 1.165) is 11.1 Å². The summed E-state index contributed by atoms with van der Waals surface area (Å²) in [5.41, 5.74) is 4.12. The minimum atomic E-state index is -0.896. The highest BCUT2D eigenvalue weighted by Gasteiger charge is 2.19. The Kier molecular flexibility index (Phi) is 13.7. The molecule has 54 heavy (non-hydrogen) atoms. The SMILES string of the molecule is C[C@H](NC(=O)OCc1ccccc1)C(=O)Nc1ccccc1N=Nc1cccc(N=Nc2ccccc2NC(=O)[C@H](C)NC(=O)OCc2ccccc2)c1. The highest BCUT2D eigenvalue weighted by Crippen LogP contribution is 2.30. The number of anilines is 2. The molecule has 0 fully saturated rings. The molecule has 0 aliphatic heterocycles. The van der Waals surface area contributed by atoms with E-state index in [1.54, 1.807) is 86.6 Å². The second-order valence-corrected chi connectivity index (χ2v) is 11.8. The van der Waals surface area contributed by atoms with Gasteiger partial charge in [0.15, 0.2) is 0 Å². The lowest BCUT2D eigenvalue weighted by Gasteiger charge is -2.15. The van der Waals surface area contributed by atoms with Gasteiger partial charge in [0, 0.05) is 0 Å². The molecule has 0 heterocycles. The van der Waals surface area contributed by atoms with Gasteiger partial charge >= 0.3 is 12.2 Å². The van der Waals surface area contributed by atoms with Crippen LogP contribution in [0.2, 0.25) is 0 Å². The molecule has 0 spiro atoms. The van der Waals surface area contributed by atoms with Crippen molar-refractivity contribution in [3.8, 4) is 0 Å². The van der Waals surface area contributed by atoms with Crippen molar-refractivity contribution in [2.24, 2.45) is 20.5 Å². The fourth-order valence-corrected chi connectivity index (χ4v) is 4.67. The first-order chi connectivity index (χ1) is 26.2. The Morgan fingerprint density at radius 1 is 0.500 bits per heavy atom. The summed E-state index contributed by atoms with van der Waals surface area (Å²) >= 11 is 0. The van der Waals surface area contributed by atoms with Crippen molar-refractivity contribution in [1.82, 2.24) is 10.6 Å². The van der Waals surface area contributed by atoms with E-state index in [4.69, 9.17) is 9.47 Å². The fraction of sp³-hybridized carbons (Fsp3) is 0.150. The first-order valence-electron chi connectivity index (χ1n) is 16.9. The maximum Gasteiger partial charge on any atom is 0.408 e. The molecule has 0 aromatic heterocycles. The zero-order chi connectivity index (χ0) is 38.1. The number of amides is 4. The fourth-order valence-electron chi connectivity index (χ4n) is 4.67. The monoisotopic (exact) mass is 726 g/mol. The van der Waals surface area contributed by atoms with Gasteiger partial charge in [-0.05, 0) is 67.4 Å². The second-order valence-electron chi connectivity index (χ2n) is 11.8. The summed E-state index contributed by atoms with van der Waals surface area (Å²) in [7, 11) is 0. The Morgan fingerprint density at radius 3 is 1.31 bits per heavy atom. The third-order valence-electron chi connectivity index (χ3n) is 7.58. The number of benzene rings is 5. The zero-order valence-electron chi connectivity index (χ0n) is 29.5. The lowest BCUT2D eigenvalue weighted by atomic mass is 10.2. The molecule has 2 atom stereocenters. The van der Waals surface area contributed by atoms with E-state index in [0.29, 0.717) is 34.1 Å². The number of carbonyl (C=O) groups is 4. The molecule has 0 aliphatic carbocycles. The van der Waals surface area contributed by atoms with Crippen LogP contribution in [0, 0.1) is 0 Å². The van der Waals surface area contributed by atoms with Gasteiger partial charge in [-0.25, -0.2) is 9.59 Å². The number of rotatable bonds is 14. The topological polar surface area (TPSA) is 184 Å². The van der Waals surface area contributed by atoms with Gasteiger partial charge in [-0.3, -0.25) is 9.59 Å². The smallest absolute Gasteiger partial charge is 0.408 e. The molecule has 4 N–H and O–H groups in total. The first kappa shape index (κ1) is 38.0. The molecular formula is C40H38N8O6.